The van der Waals surface area contributed by atoms with Crippen LogP contribution in [0, 0.1) is 19.7 Å². The number of hydrogen-bond acceptors (Lipinski definition) is 3. The molecule has 6 heteroatoms. The Bertz CT molecular complexity index is 763. The second-order valence-electron chi connectivity index (χ2n) is 6.70. The third-order valence-corrected chi connectivity index (χ3v) is 5.06. The number of nitrogens with zero attached hydrogens (tertiary/aromatic N) is 4. The van der Waals surface area contributed by atoms with Crippen LogP contribution in [0.15, 0.2) is 24.3 Å². The van der Waals surface area contributed by atoms with Gasteiger partial charge in [0.25, 0.3) is 0 Å². The fourth-order valence-corrected chi connectivity index (χ4v) is 3.36. The lowest BCUT2D eigenvalue weighted by Crippen LogP contribution is -2.48. The van der Waals surface area contributed by atoms with Crippen molar-refractivity contribution in [2.45, 2.75) is 26.8 Å². The van der Waals surface area contributed by atoms with Crippen LogP contribution in [0.2, 0.25) is 0 Å². The standard InChI is InChI=1S/C19H25FN4O/c1-14-17(15(2)22(3)21-14)12-19(25)24-10-8-23(9-11-24)13-16-6-4-5-7-18(16)20/h4-7H,8-13H2,1-3H3. The molecule has 3 rings (SSSR count). The predicted octanol–water partition coefficient (Wildman–Crippen LogP) is 2.06. The van der Waals surface area contributed by atoms with Crippen LogP contribution in [0.5, 0.6) is 0 Å². The molecule has 0 bridgehead atoms. The van der Waals surface area contributed by atoms with E-state index in [1.54, 1.807) is 6.07 Å². The fourth-order valence-electron chi connectivity index (χ4n) is 3.36. The smallest absolute Gasteiger partial charge is 0.227 e. The van der Waals surface area contributed by atoms with Crippen LogP contribution < -0.4 is 0 Å². The Labute approximate surface area is 148 Å². The van der Waals surface area contributed by atoms with E-state index in [2.05, 4.69) is 10.00 Å². The monoisotopic (exact) mass is 344 g/mol. The quantitative estimate of drug-likeness (QED) is 0.853. The van der Waals surface area contributed by atoms with E-state index in [4.69, 9.17) is 0 Å². The van der Waals surface area contributed by atoms with Gasteiger partial charge in [-0.3, -0.25) is 14.4 Å². The lowest BCUT2D eigenvalue weighted by atomic mass is 10.1. The average Bonchev–Trinajstić information content (AvgIpc) is 2.84. The minimum absolute atomic E-state index is 0.143. The summed E-state index contributed by atoms with van der Waals surface area (Å²) < 4.78 is 15.6. The van der Waals surface area contributed by atoms with Crippen molar-refractivity contribution < 1.29 is 9.18 Å². The predicted molar refractivity (Wildman–Crippen MR) is 94.6 cm³/mol. The van der Waals surface area contributed by atoms with E-state index < -0.39 is 0 Å². The maximum absolute atomic E-state index is 13.8. The molecular formula is C19H25FN4O. The summed E-state index contributed by atoms with van der Waals surface area (Å²) in [6, 6.07) is 6.88. The zero-order chi connectivity index (χ0) is 18.0. The number of carbonyl (C=O) groups excluding carboxylic acids is 1. The van der Waals surface area contributed by atoms with Crippen LogP contribution in [0.25, 0.3) is 0 Å². The number of hydrogen-bond donors (Lipinski definition) is 0. The van der Waals surface area contributed by atoms with Crippen molar-refractivity contribution in [3.63, 3.8) is 0 Å². The van der Waals surface area contributed by atoms with Gasteiger partial charge in [0.2, 0.25) is 5.91 Å². The first-order valence-corrected chi connectivity index (χ1v) is 8.68. The number of piperazine rings is 1. The average molecular weight is 344 g/mol. The molecule has 2 aromatic rings. The van der Waals surface area contributed by atoms with Crippen LogP contribution in [0.3, 0.4) is 0 Å². The van der Waals surface area contributed by atoms with Gasteiger partial charge in [-0.2, -0.15) is 5.10 Å². The summed E-state index contributed by atoms with van der Waals surface area (Å²) in [7, 11) is 1.90. The van der Waals surface area contributed by atoms with Crippen LogP contribution in [-0.2, 0) is 24.8 Å². The molecule has 1 aromatic heterocycles. The van der Waals surface area contributed by atoms with Gasteiger partial charge in [-0.1, -0.05) is 18.2 Å². The highest BCUT2D eigenvalue weighted by Crippen LogP contribution is 2.16. The lowest BCUT2D eigenvalue weighted by molar-refractivity contribution is -0.132. The molecule has 2 heterocycles. The Morgan fingerprint density at radius 2 is 1.84 bits per heavy atom. The summed E-state index contributed by atoms with van der Waals surface area (Å²) in [6.07, 6.45) is 0.402. The van der Waals surface area contributed by atoms with Crippen molar-refractivity contribution in [3.05, 3.63) is 52.6 Å². The Morgan fingerprint density at radius 1 is 1.16 bits per heavy atom. The van der Waals surface area contributed by atoms with E-state index in [1.165, 1.54) is 6.07 Å². The number of benzene rings is 1. The highest BCUT2D eigenvalue weighted by Gasteiger charge is 2.23. The zero-order valence-electron chi connectivity index (χ0n) is 15.1. The van der Waals surface area contributed by atoms with Crippen molar-refractivity contribution in [3.8, 4) is 0 Å². The number of amides is 1. The first-order chi connectivity index (χ1) is 12.0. The Morgan fingerprint density at radius 3 is 2.44 bits per heavy atom. The normalized spacial score (nSPS) is 15.6. The van der Waals surface area contributed by atoms with Crippen molar-refractivity contribution in [1.82, 2.24) is 19.6 Å². The van der Waals surface area contributed by atoms with E-state index in [1.807, 2.05) is 42.6 Å². The minimum atomic E-state index is -0.163. The molecule has 1 saturated heterocycles. The molecular weight excluding hydrogens is 319 g/mol. The summed E-state index contributed by atoms with van der Waals surface area (Å²) in [4.78, 5) is 16.7. The van der Waals surface area contributed by atoms with Gasteiger partial charge in [0, 0.05) is 56.6 Å². The van der Waals surface area contributed by atoms with Crippen LogP contribution in [0.1, 0.15) is 22.5 Å². The van der Waals surface area contributed by atoms with E-state index in [0.717, 1.165) is 30.0 Å². The fraction of sp³-hybridized carbons (Fsp3) is 0.474. The zero-order valence-corrected chi connectivity index (χ0v) is 15.1. The Kier molecular flexibility index (Phi) is 5.18. The summed E-state index contributed by atoms with van der Waals surface area (Å²) in [6.45, 7) is 7.44. The van der Waals surface area contributed by atoms with E-state index in [0.29, 0.717) is 31.6 Å². The molecule has 0 spiro atoms. The van der Waals surface area contributed by atoms with Crippen LogP contribution >= 0.6 is 0 Å². The summed E-state index contributed by atoms with van der Waals surface area (Å²) >= 11 is 0. The second kappa shape index (κ2) is 7.35. The second-order valence-corrected chi connectivity index (χ2v) is 6.70. The molecule has 1 amide bonds. The molecule has 5 nitrogen and oxygen atoms in total. The van der Waals surface area contributed by atoms with Crippen LogP contribution in [0.4, 0.5) is 4.39 Å². The van der Waals surface area contributed by atoms with E-state index in [9.17, 15) is 9.18 Å². The van der Waals surface area contributed by atoms with Gasteiger partial charge >= 0.3 is 0 Å². The van der Waals surface area contributed by atoms with E-state index in [-0.39, 0.29) is 11.7 Å². The molecule has 1 aromatic carbocycles. The summed E-state index contributed by atoms with van der Waals surface area (Å²) in [5.74, 6) is -0.0201. The number of carbonyl (C=O) groups is 1. The molecule has 1 aliphatic heterocycles. The van der Waals surface area contributed by atoms with Crippen molar-refractivity contribution in [2.75, 3.05) is 26.2 Å². The van der Waals surface area contributed by atoms with Gasteiger partial charge in [-0.15, -0.1) is 0 Å². The lowest BCUT2D eigenvalue weighted by Gasteiger charge is -2.35. The van der Waals surface area contributed by atoms with Gasteiger partial charge in [-0.05, 0) is 19.9 Å². The highest BCUT2D eigenvalue weighted by molar-refractivity contribution is 5.79. The van der Waals surface area contributed by atoms with Crippen molar-refractivity contribution >= 4 is 5.91 Å². The number of aromatic nitrogens is 2. The Balaban J connectivity index is 1.55. The third kappa shape index (κ3) is 3.90. The van der Waals surface area contributed by atoms with Crippen LogP contribution in [-0.4, -0.2) is 51.7 Å². The summed E-state index contributed by atoms with van der Waals surface area (Å²) in [5.41, 5.74) is 3.71. The SMILES string of the molecule is Cc1nn(C)c(C)c1CC(=O)N1CCN(Cc2ccccc2F)CC1. The van der Waals surface area contributed by atoms with E-state index >= 15 is 0 Å². The molecule has 134 valence electrons. The van der Waals surface area contributed by atoms with Crippen molar-refractivity contribution in [2.24, 2.45) is 7.05 Å². The molecule has 0 N–H and O–H groups in total. The molecule has 0 unspecified atom stereocenters. The first kappa shape index (κ1) is 17.6. The highest BCUT2D eigenvalue weighted by atomic mass is 19.1. The summed E-state index contributed by atoms with van der Waals surface area (Å²) in [5, 5.41) is 4.38. The van der Waals surface area contributed by atoms with Crippen molar-refractivity contribution in [1.29, 1.82) is 0 Å². The van der Waals surface area contributed by atoms with Gasteiger partial charge in [0.1, 0.15) is 5.82 Å². The van der Waals surface area contributed by atoms with Gasteiger partial charge in [0.15, 0.2) is 0 Å². The number of aryl methyl sites for hydroxylation is 2. The molecule has 0 atom stereocenters. The van der Waals surface area contributed by atoms with Gasteiger partial charge < -0.3 is 4.90 Å². The minimum Gasteiger partial charge on any atom is -0.340 e. The maximum atomic E-state index is 13.8. The molecule has 0 aliphatic carbocycles. The Hall–Kier alpha value is -2.21. The maximum Gasteiger partial charge on any atom is 0.227 e. The third-order valence-electron chi connectivity index (χ3n) is 5.06. The molecule has 1 aliphatic rings. The largest absolute Gasteiger partial charge is 0.340 e. The molecule has 1 fully saturated rings. The molecule has 25 heavy (non-hydrogen) atoms. The first-order valence-electron chi connectivity index (χ1n) is 8.68. The topological polar surface area (TPSA) is 41.4 Å². The van der Waals surface area contributed by atoms with Gasteiger partial charge in [0.05, 0.1) is 12.1 Å². The number of rotatable bonds is 4. The molecule has 0 saturated carbocycles. The number of halogens is 1. The molecule has 0 radical (unpaired) electrons. The van der Waals surface area contributed by atoms with Gasteiger partial charge in [-0.25, -0.2) is 4.39 Å².